The molecule has 0 aliphatic heterocycles. The zero-order valence-electron chi connectivity index (χ0n) is 12.3. The van der Waals surface area contributed by atoms with Gasteiger partial charge in [-0.15, -0.1) is 0 Å². The normalized spacial score (nSPS) is 11.8. The van der Waals surface area contributed by atoms with Crippen LogP contribution in [-0.4, -0.2) is 11.2 Å². The number of nitrogens with one attached hydrogen (secondary N) is 2. The smallest absolute Gasteiger partial charge is 0.170 e. The number of anilines is 1. The Labute approximate surface area is 140 Å². The minimum atomic E-state index is -0.442. The third-order valence-electron chi connectivity index (χ3n) is 3.26. The molecule has 0 aromatic heterocycles. The fourth-order valence-corrected chi connectivity index (χ4v) is 2.56. The van der Waals surface area contributed by atoms with Crippen molar-refractivity contribution in [3.05, 3.63) is 64.9 Å². The third-order valence-corrected chi connectivity index (χ3v) is 3.77. The molecular formula is C17H18ClFN2S. The highest BCUT2D eigenvalue weighted by molar-refractivity contribution is 7.80. The number of rotatable bonds is 5. The first kappa shape index (κ1) is 16.7. The fourth-order valence-electron chi connectivity index (χ4n) is 2.06. The van der Waals surface area contributed by atoms with E-state index in [1.54, 1.807) is 6.07 Å². The molecule has 22 heavy (non-hydrogen) atoms. The molecular weight excluding hydrogens is 319 g/mol. The Morgan fingerprint density at radius 2 is 1.95 bits per heavy atom. The Morgan fingerprint density at radius 3 is 2.64 bits per heavy atom. The number of benzene rings is 2. The molecule has 1 atom stereocenters. The number of hydrogen-bond acceptors (Lipinski definition) is 1. The predicted molar refractivity (Wildman–Crippen MR) is 95.0 cm³/mol. The predicted octanol–water partition coefficient (Wildman–Crippen LogP) is 4.79. The Kier molecular flexibility index (Phi) is 6.16. The highest BCUT2D eigenvalue weighted by atomic mass is 35.5. The van der Waals surface area contributed by atoms with Gasteiger partial charge < -0.3 is 10.6 Å². The zero-order chi connectivity index (χ0) is 15.9. The van der Waals surface area contributed by atoms with Crippen LogP contribution in [0, 0.1) is 5.82 Å². The van der Waals surface area contributed by atoms with Gasteiger partial charge in [0.2, 0.25) is 0 Å². The number of hydrogen-bond donors (Lipinski definition) is 2. The van der Waals surface area contributed by atoms with E-state index in [0.29, 0.717) is 10.8 Å². The fraction of sp³-hybridized carbons (Fsp3) is 0.235. The van der Waals surface area contributed by atoms with Crippen molar-refractivity contribution in [1.82, 2.24) is 5.32 Å². The summed E-state index contributed by atoms with van der Waals surface area (Å²) in [6.45, 7) is 2.08. The summed E-state index contributed by atoms with van der Waals surface area (Å²) in [4.78, 5) is 0. The molecule has 0 heterocycles. The van der Waals surface area contributed by atoms with Gasteiger partial charge in [0.15, 0.2) is 5.11 Å². The molecule has 0 saturated carbocycles. The quantitative estimate of drug-likeness (QED) is 0.768. The Balaban J connectivity index is 1.79. The van der Waals surface area contributed by atoms with Crippen molar-refractivity contribution in [1.29, 1.82) is 0 Å². The van der Waals surface area contributed by atoms with Crippen LogP contribution < -0.4 is 10.6 Å². The van der Waals surface area contributed by atoms with Gasteiger partial charge in [0.05, 0.1) is 5.02 Å². The van der Waals surface area contributed by atoms with E-state index >= 15 is 0 Å². The summed E-state index contributed by atoms with van der Waals surface area (Å²) in [5, 5.41) is 6.80. The summed E-state index contributed by atoms with van der Waals surface area (Å²) in [6, 6.07) is 15.0. The van der Waals surface area contributed by atoms with Crippen LogP contribution in [0.1, 0.15) is 18.9 Å². The molecule has 1 unspecified atom stereocenters. The molecule has 0 saturated heterocycles. The molecule has 0 spiro atoms. The van der Waals surface area contributed by atoms with Crippen LogP contribution >= 0.6 is 23.8 Å². The minimum absolute atomic E-state index is 0.0740. The average molecular weight is 337 g/mol. The van der Waals surface area contributed by atoms with Gasteiger partial charge >= 0.3 is 0 Å². The van der Waals surface area contributed by atoms with Gasteiger partial charge in [0.25, 0.3) is 0 Å². The van der Waals surface area contributed by atoms with E-state index < -0.39 is 5.82 Å². The van der Waals surface area contributed by atoms with Gasteiger partial charge in [0, 0.05) is 11.7 Å². The monoisotopic (exact) mass is 336 g/mol. The molecule has 2 rings (SSSR count). The van der Waals surface area contributed by atoms with Crippen molar-refractivity contribution in [2.75, 3.05) is 5.32 Å². The first-order valence-electron chi connectivity index (χ1n) is 7.11. The van der Waals surface area contributed by atoms with E-state index in [4.69, 9.17) is 23.8 Å². The Bertz CT molecular complexity index is 634. The van der Waals surface area contributed by atoms with E-state index in [1.165, 1.54) is 17.7 Å². The molecule has 0 amide bonds. The first-order valence-corrected chi connectivity index (χ1v) is 7.89. The number of aryl methyl sites for hydroxylation is 1. The van der Waals surface area contributed by atoms with E-state index in [-0.39, 0.29) is 11.1 Å². The molecule has 2 aromatic rings. The largest absolute Gasteiger partial charge is 0.360 e. The summed E-state index contributed by atoms with van der Waals surface area (Å²) >= 11 is 11.0. The average Bonchev–Trinajstić information content (AvgIpc) is 2.50. The summed E-state index contributed by atoms with van der Waals surface area (Å²) < 4.78 is 13.1. The molecule has 116 valence electrons. The summed E-state index contributed by atoms with van der Waals surface area (Å²) in [5.41, 5.74) is 1.97. The second-order valence-electron chi connectivity index (χ2n) is 5.15. The van der Waals surface area contributed by atoms with Crippen LogP contribution in [0.3, 0.4) is 0 Å². The third kappa shape index (κ3) is 5.28. The maximum Gasteiger partial charge on any atom is 0.170 e. The maximum absolute atomic E-state index is 13.1. The highest BCUT2D eigenvalue weighted by Crippen LogP contribution is 2.19. The van der Waals surface area contributed by atoms with Crippen LogP contribution in [0.5, 0.6) is 0 Å². The van der Waals surface area contributed by atoms with E-state index in [2.05, 4.69) is 29.7 Å². The molecule has 0 aliphatic carbocycles. The topological polar surface area (TPSA) is 24.1 Å². The molecule has 0 radical (unpaired) electrons. The van der Waals surface area contributed by atoms with Crippen LogP contribution in [0.4, 0.5) is 10.1 Å². The SMILES string of the molecule is CC(CCc1ccccc1)NC(=S)Nc1ccc(F)c(Cl)c1. The molecule has 2 nitrogen and oxygen atoms in total. The number of thiocarbonyl (C=S) groups is 1. The Hall–Kier alpha value is -1.65. The van der Waals surface area contributed by atoms with Gasteiger partial charge in [-0.1, -0.05) is 41.9 Å². The van der Waals surface area contributed by atoms with Crippen LogP contribution in [0.15, 0.2) is 48.5 Å². The zero-order valence-corrected chi connectivity index (χ0v) is 13.8. The summed E-state index contributed by atoms with van der Waals surface area (Å²) in [6.07, 6.45) is 1.95. The highest BCUT2D eigenvalue weighted by Gasteiger charge is 2.06. The van der Waals surface area contributed by atoms with Gasteiger partial charge in [-0.05, 0) is 55.7 Å². The lowest BCUT2D eigenvalue weighted by molar-refractivity contribution is 0.609. The lowest BCUT2D eigenvalue weighted by Gasteiger charge is -2.17. The van der Waals surface area contributed by atoms with Crippen LogP contribution in [0.25, 0.3) is 0 Å². The van der Waals surface area contributed by atoms with Crippen molar-refractivity contribution in [3.63, 3.8) is 0 Å². The second kappa shape index (κ2) is 8.11. The maximum atomic E-state index is 13.1. The first-order chi connectivity index (χ1) is 10.5. The van der Waals surface area contributed by atoms with Crippen LogP contribution in [-0.2, 0) is 6.42 Å². The molecule has 0 fully saturated rings. The molecule has 0 aliphatic rings. The molecule has 5 heteroatoms. The van der Waals surface area contributed by atoms with E-state index in [9.17, 15) is 4.39 Å². The van der Waals surface area contributed by atoms with Gasteiger partial charge in [-0.2, -0.15) is 0 Å². The van der Waals surface area contributed by atoms with Crippen molar-refractivity contribution >= 4 is 34.6 Å². The van der Waals surface area contributed by atoms with Crippen molar-refractivity contribution in [2.45, 2.75) is 25.8 Å². The van der Waals surface area contributed by atoms with Gasteiger partial charge in [-0.25, -0.2) is 4.39 Å². The molecule has 2 N–H and O–H groups in total. The summed E-state index contributed by atoms with van der Waals surface area (Å²) in [7, 11) is 0. The van der Waals surface area contributed by atoms with Gasteiger partial charge in [-0.3, -0.25) is 0 Å². The van der Waals surface area contributed by atoms with E-state index in [0.717, 1.165) is 12.8 Å². The van der Waals surface area contributed by atoms with E-state index in [1.807, 2.05) is 18.2 Å². The second-order valence-corrected chi connectivity index (χ2v) is 5.97. The lowest BCUT2D eigenvalue weighted by atomic mass is 10.1. The Morgan fingerprint density at radius 1 is 1.23 bits per heavy atom. The van der Waals surface area contributed by atoms with Crippen molar-refractivity contribution in [3.8, 4) is 0 Å². The molecule has 2 aromatic carbocycles. The summed E-state index contributed by atoms with van der Waals surface area (Å²) in [5.74, 6) is -0.442. The van der Waals surface area contributed by atoms with Gasteiger partial charge in [0.1, 0.15) is 5.82 Å². The number of halogens is 2. The lowest BCUT2D eigenvalue weighted by Crippen LogP contribution is -2.36. The standard InChI is InChI=1S/C17H18ClFN2S/c1-12(7-8-13-5-3-2-4-6-13)20-17(22)21-14-9-10-16(19)15(18)11-14/h2-6,9-12H,7-8H2,1H3,(H2,20,21,22). The minimum Gasteiger partial charge on any atom is -0.360 e. The van der Waals surface area contributed by atoms with Crippen LogP contribution in [0.2, 0.25) is 5.02 Å². The van der Waals surface area contributed by atoms with Crippen molar-refractivity contribution < 1.29 is 4.39 Å². The van der Waals surface area contributed by atoms with Crippen molar-refractivity contribution in [2.24, 2.45) is 0 Å². The molecule has 0 bridgehead atoms.